The number of hydrogen-bond donors (Lipinski definition) is 2. The SMILES string of the molecule is Cc1ccccc1.O=C(O)O.[Na]. The van der Waals surface area contributed by atoms with Gasteiger partial charge in [0.1, 0.15) is 0 Å². The molecule has 1 rings (SSSR count). The van der Waals surface area contributed by atoms with Gasteiger partial charge in [-0.3, -0.25) is 0 Å². The first-order valence-corrected chi connectivity index (χ1v) is 3.06. The maximum atomic E-state index is 8.56. The monoisotopic (exact) mass is 177 g/mol. The summed E-state index contributed by atoms with van der Waals surface area (Å²) in [5.41, 5.74) is 1.32. The van der Waals surface area contributed by atoms with Crippen LogP contribution in [0.4, 0.5) is 4.79 Å². The molecule has 2 N–H and O–H groups in total. The Morgan fingerprint density at radius 3 is 1.67 bits per heavy atom. The molecule has 0 aliphatic heterocycles. The Balaban J connectivity index is 0. The average molecular weight is 177 g/mol. The Kier molecular flexibility index (Phi) is 10.0. The van der Waals surface area contributed by atoms with Gasteiger partial charge in [0.25, 0.3) is 0 Å². The summed E-state index contributed by atoms with van der Waals surface area (Å²) in [6, 6.07) is 10.3. The number of carbonyl (C=O) groups is 1. The summed E-state index contributed by atoms with van der Waals surface area (Å²) in [5, 5.41) is 13.9. The maximum Gasteiger partial charge on any atom is 0.503 e. The third kappa shape index (κ3) is 12.2. The van der Waals surface area contributed by atoms with Crippen molar-refractivity contribution in [1.82, 2.24) is 0 Å². The van der Waals surface area contributed by atoms with Gasteiger partial charge in [-0.1, -0.05) is 35.9 Å². The molecule has 0 fully saturated rings. The van der Waals surface area contributed by atoms with E-state index in [-0.39, 0.29) is 29.6 Å². The Morgan fingerprint density at radius 2 is 1.50 bits per heavy atom. The van der Waals surface area contributed by atoms with E-state index in [1.54, 1.807) is 0 Å². The number of rotatable bonds is 0. The molecular formula is C8H10NaO3. The predicted octanol–water partition coefficient (Wildman–Crippen LogP) is 1.84. The van der Waals surface area contributed by atoms with E-state index in [1.165, 1.54) is 5.56 Å². The van der Waals surface area contributed by atoms with Gasteiger partial charge in [-0.25, -0.2) is 4.79 Å². The molecule has 1 radical (unpaired) electrons. The predicted molar refractivity (Wildman–Crippen MR) is 47.6 cm³/mol. The molecule has 4 heteroatoms. The van der Waals surface area contributed by atoms with E-state index in [0.29, 0.717) is 0 Å². The zero-order valence-electron chi connectivity index (χ0n) is 7.19. The van der Waals surface area contributed by atoms with Gasteiger partial charge in [-0.05, 0) is 6.92 Å². The normalized spacial score (nSPS) is 7.08. The topological polar surface area (TPSA) is 57.5 Å². The van der Waals surface area contributed by atoms with Crippen molar-refractivity contribution < 1.29 is 15.0 Å². The Morgan fingerprint density at radius 1 is 1.17 bits per heavy atom. The first-order valence-electron chi connectivity index (χ1n) is 3.06. The third-order valence-corrected chi connectivity index (χ3v) is 0.940. The van der Waals surface area contributed by atoms with Gasteiger partial charge in [-0.2, -0.15) is 0 Å². The van der Waals surface area contributed by atoms with Crippen LogP contribution in [0.25, 0.3) is 0 Å². The van der Waals surface area contributed by atoms with Crippen LogP contribution in [0.5, 0.6) is 0 Å². The molecule has 12 heavy (non-hydrogen) atoms. The standard InChI is InChI=1S/C7H8.CH2O3.Na/c1-7-5-3-2-4-6-7;2-1(3)4;/h2-6H,1H3;(H2,2,3,4);. The van der Waals surface area contributed by atoms with Crippen LogP contribution in [-0.2, 0) is 0 Å². The minimum Gasteiger partial charge on any atom is -0.450 e. The van der Waals surface area contributed by atoms with Gasteiger partial charge in [0.15, 0.2) is 0 Å². The number of benzene rings is 1. The fraction of sp³-hybridized carbons (Fsp3) is 0.125. The van der Waals surface area contributed by atoms with Gasteiger partial charge >= 0.3 is 6.16 Å². The Labute approximate surface area is 93.3 Å². The van der Waals surface area contributed by atoms with Crippen LogP contribution >= 0.6 is 0 Å². The fourth-order valence-electron chi connectivity index (χ4n) is 0.534. The first-order chi connectivity index (χ1) is 5.13. The molecule has 0 aliphatic rings. The van der Waals surface area contributed by atoms with Crippen LogP contribution in [0.1, 0.15) is 5.56 Å². The van der Waals surface area contributed by atoms with E-state index in [9.17, 15) is 0 Å². The van der Waals surface area contributed by atoms with Crippen LogP contribution in [-0.4, -0.2) is 45.9 Å². The van der Waals surface area contributed by atoms with Crippen molar-refractivity contribution in [3.63, 3.8) is 0 Å². The van der Waals surface area contributed by atoms with Crippen molar-refractivity contribution in [2.75, 3.05) is 0 Å². The second-order valence-electron chi connectivity index (χ2n) is 1.94. The quantitative estimate of drug-likeness (QED) is 0.594. The van der Waals surface area contributed by atoms with Gasteiger partial charge < -0.3 is 10.2 Å². The minimum absolute atomic E-state index is 0. The van der Waals surface area contributed by atoms with E-state index in [1.807, 2.05) is 18.2 Å². The van der Waals surface area contributed by atoms with Gasteiger partial charge in [-0.15, -0.1) is 0 Å². The molecular weight excluding hydrogens is 167 g/mol. The van der Waals surface area contributed by atoms with Crippen LogP contribution in [0.2, 0.25) is 0 Å². The first kappa shape index (κ1) is 14.0. The summed E-state index contributed by atoms with van der Waals surface area (Å²) in [4.78, 5) is 8.56. The molecule has 0 unspecified atom stereocenters. The molecule has 0 aromatic heterocycles. The van der Waals surface area contributed by atoms with Crippen molar-refractivity contribution >= 4 is 35.7 Å². The molecule has 0 saturated carbocycles. The summed E-state index contributed by atoms with van der Waals surface area (Å²) in [6.07, 6.45) is -1.83. The van der Waals surface area contributed by atoms with E-state index >= 15 is 0 Å². The van der Waals surface area contributed by atoms with Gasteiger partial charge in [0.05, 0.1) is 0 Å². The molecule has 3 nitrogen and oxygen atoms in total. The van der Waals surface area contributed by atoms with Crippen molar-refractivity contribution in [2.24, 2.45) is 0 Å². The second-order valence-corrected chi connectivity index (χ2v) is 1.94. The van der Waals surface area contributed by atoms with Crippen LogP contribution < -0.4 is 0 Å². The molecule has 0 amide bonds. The summed E-state index contributed by atoms with van der Waals surface area (Å²) in [5.74, 6) is 0. The summed E-state index contributed by atoms with van der Waals surface area (Å²) in [7, 11) is 0. The van der Waals surface area contributed by atoms with E-state index in [0.717, 1.165) is 0 Å². The smallest absolute Gasteiger partial charge is 0.450 e. The third-order valence-electron chi connectivity index (χ3n) is 0.940. The Hall–Kier alpha value is -0.510. The van der Waals surface area contributed by atoms with Crippen LogP contribution in [0.3, 0.4) is 0 Å². The Bertz CT molecular complexity index is 207. The largest absolute Gasteiger partial charge is 0.503 e. The molecule has 0 bridgehead atoms. The molecule has 1 aromatic carbocycles. The molecule has 0 spiro atoms. The van der Waals surface area contributed by atoms with Crippen LogP contribution in [0, 0.1) is 6.92 Å². The second kappa shape index (κ2) is 8.59. The molecule has 0 saturated heterocycles. The van der Waals surface area contributed by atoms with Gasteiger partial charge in [0, 0.05) is 29.6 Å². The number of carboxylic acid groups (broad SMARTS) is 2. The minimum atomic E-state index is -1.83. The molecule has 0 atom stereocenters. The number of hydrogen-bond acceptors (Lipinski definition) is 1. The van der Waals surface area contributed by atoms with E-state index in [2.05, 4.69) is 19.1 Å². The van der Waals surface area contributed by atoms with Crippen molar-refractivity contribution in [3.8, 4) is 0 Å². The molecule has 0 aliphatic carbocycles. The van der Waals surface area contributed by atoms with Crippen LogP contribution in [0.15, 0.2) is 30.3 Å². The molecule has 61 valence electrons. The average Bonchev–Trinajstić information content (AvgIpc) is 1.87. The number of aryl methyl sites for hydroxylation is 1. The van der Waals surface area contributed by atoms with Crippen molar-refractivity contribution in [2.45, 2.75) is 6.92 Å². The van der Waals surface area contributed by atoms with E-state index in [4.69, 9.17) is 15.0 Å². The van der Waals surface area contributed by atoms with Gasteiger partial charge in [0.2, 0.25) is 0 Å². The zero-order chi connectivity index (χ0) is 8.69. The summed E-state index contributed by atoms with van der Waals surface area (Å²) >= 11 is 0. The van der Waals surface area contributed by atoms with Crippen molar-refractivity contribution in [3.05, 3.63) is 35.9 Å². The fourth-order valence-corrected chi connectivity index (χ4v) is 0.534. The molecule has 1 aromatic rings. The van der Waals surface area contributed by atoms with E-state index < -0.39 is 6.16 Å². The summed E-state index contributed by atoms with van der Waals surface area (Å²) < 4.78 is 0. The van der Waals surface area contributed by atoms with Crippen molar-refractivity contribution in [1.29, 1.82) is 0 Å². The maximum absolute atomic E-state index is 8.56. The summed E-state index contributed by atoms with van der Waals surface area (Å²) in [6.45, 7) is 2.08. The molecule has 0 heterocycles. The zero-order valence-corrected chi connectivity index (χ0v) is 9.19.